The van der Waals surface area contributed by atoms with Crippen molar-refractivity contribution in [1.82, 2.24) is 5.32 Å². The van der Waals surface area contributed by atoms with Gasteiger partial charge in [-0.25, -0.2) is 0 Å². The predicted octanol–water partition coefficient (Wildman–Crippen LogP) is 0.120. The Labute approximate surface area is 66.4 Å². The summed E-state index contributed by atoms with van der Waals surface area (Å²) < 4.78 is 5.19. The molecule has 1 rings (SSSR count). The van der Waals surface area contributed by atoms with Crippen molar-refractivity contribution in [3.63, 3.8) is 0 Å². The van der Waals surface area contributed by atoms with E-state index in [1.165, 1.54) is 0 Å². The fourth-order valence-electron chi connectivity index (χ4n) is 0.961. The molecule has 0 aromatic rings. The lowest BCUT2D eigenvalue weighted by Crippen LogP contribution is -2.39. The van der Waals surface area contributed by atoms with Crippen molar-refractivity contribution in [2.24, 2.45) is 0 Å². The molecule has 1 atom stereocenters. The topological polar surface area (TPSA) is 38.3 Å². The third kappa shape index (κ3) is 3.30. The van der Waals surface area contributed by atoms with Crippen LogP contribution in [0.2, 0.25) is 0 Å². The number of carbonyl (C=O) groups is 1. The zero-order valence-corrected chi connectivity index (χ0v) is 6.67. The van der Waals surface area contributed by atoms with Crippen molar-refractivity contribution in [3.05, 3.63) is 12.2 Å². The van der Waals surface area contributed by atoms with E-state index in [9.17, 15) is 4.79 Å². The maximum atomic E-state index is 10.5. The van der Waals surface area contributed by atoms with Gasteiger partial charge in [-0.15, -0.1) is 0 Å². The zero-order chi connectivity index (χ0) is 8.10. The number of rotatable bonds is 2. The summed E-state index contributed by atoms with van der Waals surface area (Å²) in [5.41, 5.74) is 0. The van der Waals surface area contributed by atoms with Crippen molar-refractivity contribution in [2.45, 2.75) is 13.0 Å². The van der Waals surface area contributed by atoms with Crippen LogP contribution in [0.15, 0.2) is 12.2 Å². The Morgan fingerprint density at radius 2 is 2.55 bits per heavy atom. The molecule has 3 heteroatoms. The summed E-state index contributed by atoms with van der Waals surface area (Å²) in [5, 5.41) is 3.21. The van der Waals surface area contributed by atoms with Crippen LogP contribution in [0.5, 0.6) is 0 Å². The average molecular weight is 155 g/mol. The molecule has 1 N–H and O–H groups in total. The van der Waals surface area contributed by atoms with Gasteiger partial charge >= 0.3 is 0 Å². The molecule has 62 valence electrons. The van der Waals surface area contributed by atoms with Gasteiger partial charge in [-0.05, 0) is 13.0 Å². The molecule has 0 aromatic heterocycles. The Morgan fingerprint density at radius 3 is 3.09 bits per heavy atom. The van der Waals surface area contributed by atoms with Crippen molar-refractivity contribution >= 4 is 5.78 Å². The first kappa shape index (κ1) is 8.43. The van der Waals surface area contributed by atoms with Crippen molar-refractivity contribution in [1.29, 1.82) is 0 Å². The van der Waals surface area contributed by atoms with Crippen LogP contribution in [0.3, 0.4) is 0 Å². The van der Waals surface area contributed by atoms with Gasteiger partial charge in [0.15, 0.2) is 5.78 Å². The molecular weight excluding hydrogens is 142 g/mol. The fourth-order valence-corrected chi connectivity index (χ4v) is 0.961. The Morgan fingerprint density at radius 1 is 1.73 bits per heavy atom. The molecule has 0 spiro atoms. The first-order valence-corrected chi connectivity index (χ1v) is 3.79. The van der Waals surface area contributed by atoms with E-state index in [1.54, 1.807) is 13.0 Å². The highest BCUT2D eigenvalue weighted by molar-refractivity contribution is 5.87. The lowest BCUT2D eigenvalue weighted by molar-refractivity contribution is -0.112. The maximum Gasteiger partial charge on any atom is 0.152 e. The minimum absolute atomic E-state index is 0.0809. The summed E-state index contributed by atoms with van der Waals surface area (Å²) >= 11 is 0. The SMILES string of the molecule is CC(=O)C=C[C@@H]1COCCN1. The van der Waals surface area contributed by atoms with Crippen LogP contribution in [-0.2, 0) is 9.53 Å². The standard InChI is InChI=1S/C8H13NO2/c1-7(10)2-3-8-6-11-5-4-9-8/h2-3,8-9H,4-6H2,1H3/t8-/m1/s1. The summed E-state index contributed by atoms with van der Waals surface area (Å²) in [6, 6.07) is 0.215. The third-order valence-corrected chi connectivity index (χ3v) is 1.51. The van der Waals surface area contributed by atoms with Crippen LogP contribution in [0.25, 0.3) is 0 Å². The van der Waals surface area contributed by atoms with Crippen LogP contribution in [0, 0.1) is 0 Å². The normalized spacial score (nSPS) is 25.7. The van der Waals surface area contributed by atoms with E-state index in [4.69, 9.17) is 4.74 Å². The van der Waals surface area contributed by atoms with E-state index in [0.29, 0.717) is 6.61 Å². The zero-order valence-electron chi connectivity index (χ0n) is 6.67. The Hall–Kier alpha value is -0.670. The minimum atomic E-state index is 0.0809. The van der Waals surface area contributed by atoms with Gasteiger partial charge < -0.3 is 10.1 Å². The molecule has 3 nitrogen and oxygen atoms in total. The van der Waals surface area contributed by atoms with Gasteiger partial charge in [0.1, 0.15) is 0 Å². The first-order chi connectivity index (χ1) is 5.29. The second-order valence-electron chi connectivity index (χ2n) is 2.61. The van der Waals surface area contributed by atoms with Crippen LogP contribution < -0.4 is 5.32 Å². The van der Waals surface area contributed by atoms with Gasteiger partial charge in [0.05, 0.1) is 13.2 Å². The fraction of sp³-hybridized carbons (Fsp3) is 0.625. The van der Waals surface area contributed by atoms with Crippen molar-refractivity contribution in [3.8, 4) is 0 Å². The van der Waals surface area contributed by atoms with E-state index in [-0.39, 0.29) is 11.8 Å². The van der Waals surface area contributed by atoms with Crippen LogP contribution >= 0.6 is 0 Å². The Kier molecular flexibility index (Phi) is 3.26. The van der Waals surface area contributed by atoms with E-state index in [1.807, 2.05) is 6.08 Å². The van der Waals surface area contributed by atoms with Gasteiger partial charge in [0.2, 0.25) is 0 Å². The predicted molar refractivity (Wildman–Crippen MR) is 42.4 cm³/mol. The minimum Gasteiger partial charge on any atom is -0.378 e. The molecule has 0 aliphatic carbocycles. The molecule has 1 saturated heterocycles. The summed E-state index contributed by atoms with van der Waals surface area (Å²) in [5.74, 6) is 0.0809. The smallest absolute Gasteiger partial charge is 0.152 e. The number of nitrogens with one attached hydrogen (secondary N) is 1. The number of morpholine rings is 1. The number of hydrogen-bond acceptors (Lipinski definition) is 3. The number of hydrogen-bond donors (Lipinski definition) is 1. The van der Waals surface area contributed by atoms with E-state index in [2.05, 4.69) is 5.32 Å². The highest BCUT2D eigenvalue weighted by Crippen LogP contribution is 1.94. The van der Waals surface area contributed by atoms with Gasteiger partial charge in [-0.1, -0.05) is 6.08 Å². The number of carbonyl (C=O) groups excluding carboxylic acids is 1. The summed E-state index contributed by atoms with van der Waals surface area (Å²) in [4.78, 5) is 10.5. The van der Waals surface area contributed by atoms with Gasteiger partial charge in [-0.3, -0.25) is 4.79 Å². The second kappa shape index (κ2) is 4.26. The molecule has 0 radical (unpaired) electrons. The number of ether oxygens (including phenoxy) is 1. The largest absolute Gasteiger partial charge is 0.378 e. The van der Waals surface area contributed by atoms with Gasteiger partial charge in [0, 0.05) is 12.6 Å². The lowest BCUT2D eigenvalue weighted by atomic mass is 10.2. The monoisotopic (exact) mass is 155 g/mol. The van der Waals surface area contributed by atoms with Crippen molar-refractivity contribution in [2.75, 3.05) is 19.8 Å². The summed E-state index contributed by atoms with van der Waals surface area (Å²) in [6.45, 7) is 3.85. The molecule has 1 aliphatic heterocycles. The van der Waals surface area contributed by atoms with Gasteiger partial charge in [0.25, 0.3) is 0 Å². The van der Waals surface area contributed by atoms with Gasteiger partial charge in [-0.2, -0.15) is 0 Å². The molecule has 0 aromatic carbocycles. The lowest BCUT2D eigenvalue weighted by Gasteiger charge is -2.20. The van der Waals surface area contributed by atoms with Crippen LogP contribution in [0.4, 0.5) is 0 Å². The highest BCUT2D eigenvalue weighted by atomic mass is 16.5. The van der Waals surface area contributed by atoms with Crippen LogP contribution in [-0.4, -0.2) is 31.6 Å². The van der Waals surface area contributed by atoms with E-state index >= 15 is 0 Å². The Balaban J connectivity index is 2.29. The summed E-state index contributed by atoms with van der Waals surface area (Å²) in [6.07, 6.45) is 3.42. The average Bonchev–Trinajstić information content (AvgIpc) is 2.03. The molecule has 0 unspecified atom stereocenters. The Bertz CT molecular complexity index is 159. The maximum absolute atomic E-state index is 10.5. The number of ketones is 1. The molecule has 0 amide bonds. The molecule has 1 fully saturated rings. The third-order valence-electron chi connectivity index (χ3n) is 1.51. The summed E-state index contributed by atoms with van der Waals surface area (Å²) in [7, 11) is 0. The van der Waals surface area contributed by atoms with Crippen LogP contribution in [0.1, 0.15) is 6.92 Å². The van der Waals surface area contributed by atoms with Crippen molar-refractivity contribution < 1.29 is 9.53 Å². The number of allylic oxidation sites excluding steroid dienone is 1. The highest BCUT2D eigenvalue weighted by Gasteiger charge is 2.08. The van der Waals surface area contributed by atoms with E-state index < -0.39 is 0 Å². The molecule has 1 aliphatic rings. The quantitative estimate of drug-likeness (QED) is 0.576. The second-order valence-corrected chi connectivity index (χ2v) is 2.61. The molecule has 11 heavy (non-hydrogen) atoms. The molecular formula is C8H13NO2. The van der Waals surface area contributed by atoms with E-state index in [0.717, 1.165) is 13.2 Å². The first-order valence-electron chi connectivity index (χ1n) is 3.79. The molecule has 0 bridgehead atoms. The molecule has 1 heterocycles. The molecule has 0 saturated carbocycles.